The fraction of sp³-hybridized carbons (Fsp3) is 0.278. The lowest BCUT2D eigenvalue weighted by Crippen LogP contribution is -2.58. The first-order chi connectivity index (χ1) is 23.5. The van der Waals surface area contributed by atoms with Crippen molar-refractivity contribution >= 4 is 39.3 Å². The minimum Gasteiger partial charge on any atom is -0.453 e. The molecule has 0 spiro atoms. The van der Waals surface area contributed by atoms with Gasteiger partial charge in [0.2, 0.25) is 15.9 Å². The van der Waals surface area contributed by atoms with Crippen LogP contribution >= 0.6 is 11.6 Å². The van der Waals surface area contributed by atoms with E-state index in [9.17, 15) is 22.4 Å². The summed E-state index contributed by atoms with van der Waals surface area (Å²) in [5, 5.41) is 9.05. The second-order valence-electron chi connectivity index (χ2n) is 11.8. The number of methoxy groups -OCH3 is 1. The van der Waals surface area contributed by atoms with Crippen molar-refractivity contribution in [2.75, 3.05) is 25.5 Å². The Kier molecular flexibility index (Phi) is 11.7. The quantitative estimate of drug-likeness (QED) is 0.173. The Morgan fingerprint density at radius 1 is 0.959 bits per heavy atom. The third kappa shape index (κ3) is 8.45. The molecule has 1 aliphatic heterocycles. The van der Waals surface area contributed by atoms with Crippen molar-refractivity contribution in [1.82, 2.24) is 14.9 Å². The van der Waals surface area contributed by atoms with E-state index < -0.39 is 51.7 Å². The molecule has 49 heavy (non-hydrogen) atoms. The number of piperazine rings is 1. The van der Waals surface area contributed by atoms with Crippen molar-refractivity contribution in [1.29, 1.82) is 0 Å². The number of benzene rings is 4. The van der Waals surface area contributed by atoms with Gasteiger partial charge in [-0.15, -0.1) is 0 Å². The van der Waals surface area contributed by atoms with Gasteiger partial charge in [-0.25, -0.2) is 22.0 Å². The number of ether oxygens (including phenoxy) is 1. The van der Waals surface area contributed by atoms with Gasteiger partial charge in [-0.1, -0.05) is 60.1 Å². The molecule has 9 nitrogen and oxygen atoms in total. The second-order valence-corrected chi connectivity index (χ2v) is 14.1. The largest absolute Gasteiger partial charge is 0.453 e. The number of hydrogen-bond acceptors (Lipinski definition) is 6. The maximum absolute atomic E-state index is 15.5. The average Bonchev–Trinajstić information content (AvgIpc) is 3.08. The number of amides is 2. The van der Waals surface area contributed by atoms with Crippen molar-refractivity contribution in [2.45, 2.75) is 48.7 Å². The Balaban J connectivity index is 1.45. The van der Waals surface area contributed by atoms with Crippen molar-refractivity contribution < 1.29 is 31.5 Å². The average molecular weight is 711 g/mol. The Labute approximate surface area is 289 Å². The number of halogens is 3. The van der Waals surface area contributed by atoms with Crippen LogP contribution in [0.5, 0.6) is 0 Å². The number of alkyl carbamates (subject to hydrolysis) is 1. The Morgan fingerprint density at radius 3 is 2.37 bits per heavy atom. The van der Waals surface area contributed by atoms with Gasteiger partial charge in [-0.3, -0.25) is 4.79 Å². The molecule has 1 saturated heterocycles. The minimum absolute atomic E-state index is 0.0851. The first-order valence-corrected chi connectivity index (χ1v) is 17.5. The smallest absolute Gasteiger partial charge is 0.407 e. The first-order valence-electron chi connectivity index (χ1n) is 15.7. The molecular formula is C36H37ClF2N4O5S. The first kappa shape index (κ1) is 35.9. The van der Waals surface area contributed by atoms with Gasteiger partial charge in [-0.05, 0) is 79.4 Å². The Hall–Kier alpha value is -4.36. The summed E-state index contributed by atoms with van der Waals surface area (Å²) in [6.45, 7) is 2.63. The maximum atomic E-state index is 15.5. The number of carbonyl (C=O) groups is 2. The zero-order valence-electron chi connectivity index (χ0n) is 26.9. The third-order valence-electron chi connectivity index (χ3n) is 8.55. The van der Waals surface area contributed by atoms with E-state index in [1.807, 2.05) is 6.92 Å². The van der Waals surface area contributed by atoms with Gasteiger partial charge in [0, 0.05) is 47.4 Å². The lowest BCUT2D eigenvalue weighted by atomic mass is 9.84. The normalized spacial score (nSPS) is 17.9. The highest BCUT2D eigenvalue weighted by Crippen LogP contribution is 2.32. The molecule has 13 heteroatoms. The molecule has 4 aromatic carbocycles. The number of anilines is 1. The van der Waals surface area contributed by atoms with E-state index in [0.29, 0.717) is 29.2 Å². The minimum atomic E-state index is -3.85. The van der Waals surface area contributed by atoms with Crippen molar-refractivity contribution in [3.05, 3.63) is 130 Å². The number of carbonyl (C=O) groups excluding carboxylic acids is 2. The SMILES string of the molecule is COC(=O)N[C@H](C(=O)Nc1cccc(F)c1CC[C@H]1CNC[C@H](C)N1S(=O)(=O)c1ccccc1)[C@@H](c1ccc(Cl)cc1)c1cccc(F)c1. The van der Waals surface area contributed by atoms with Gasteiger partial charge in [-0.2, -0.15) is 4.31 Å². The van der Waals surface area contributed by atoms with E-state index in [0.717, 1.165) is 7.11 Å². The molecule has 4 atom stereocenters. The maximum Gasteiger partial charge on any atom is 0.407 e. The van der Waals surface area contributed by atoms with E-state index in [2.05, 4.69) is 16.0 Å². The summed E-state index contributed by atoms with van der Waals surface area (Å²) in [4.78, 5) is 26.9. The Morgan fingerprint density at radius 2 is 1.67 bits per heavy atom. The molecule has 0 unspecified atom stereocenters. The summed E-state index contributed by atoms with van der Waals surface area (Å²) in [6.07, 6.45) is -0.580. The predicted octanol–water partition coefficient (Wildman–Crippen LogP) is 6.10. The zero-order chi connectivity index (χ0) is 35.1. The molecule has 0 aromatic heterocycles. The second kappa shape index (κ2) is 15.9. The van der Waals surface area contributed by atoms with E-state index in [4.69, 9.17) is 16.3 Å². The Bertz CT molecular complexity index is 1880. The summed E-state index contributed by atoms with van der Waals surface area (Å²) in [5.41, 5.74) is 1.24. The van der Waals surface area contributed by atoms with Crippen molar-refractivity contribution in [2.24, 2.45) is 0 Å². The summed E-state index contributed by atoms with van der Waals surface area (Å²) in [5.74, 6) is -2.77. The molecule has 1 fully saturated rings. The standard InChI is InChI=1S/C36H37ClF2N4O5S/c1-23-21-40-22-28(43(23)49(46,47)29-10-4-3-5-11-29)18-19-30-31(39)12-7-13-32(30)41-35(44)34(42-36(45)48-2)33(24-14-16-26(37)17-15-24)25-8-6-9-27(38)20-25/h3-17,20,23,28,33-34,40H,18-19,21-22H2,1-2H3,(H,41,44)(H,42,45)/t23-,28-,33-,34-/m0/s1. The van der Waals surface area contributed by atoms with Crippen LogP contribution in [0.4, 0.5) is 19.3 Å². The molecule has 1 heterocycles. The van der Waals surface area contributed by atoms with Gasteiger partial charge in [0.15, 0.2) is 0 Å². The number of nitrogens with zero attached hydrogens (tertiary/aromatic N) is 1. The summed E-state index contributed by atoms with van der Waals surface area (Å²) in [7, 11) is -2.71. The molecule has 0 radical (unpaired) electrons. The molecule has 5 rings (SSSR count). The van der Waals surface area contributed by atoms with Crippen LogP contribution in [-0.4, -0.2) is 63.0 Å². The highest BCUT2D eigenvalue weighted by molar-refractivity contribution is 7.89. The fourth-order valence-corrected chi connectivity index (χ4v) is 8.25. The molecule has 258 valence electrons. The van der Waals surface area contributed by atoms with Gasteiger partial charge < -0.3 is 20.7 Å². The van der Waals surface area contributed by atoms with E-state index in [1.165, 1.54) is 40.7 Å². The molecular weight excluding hydrogens is 674 g/mol. The summed E-state index contributed by atoms with van der Waals surface area (Å²) in [6, 6.07) is 22.4. The van der Waals surface area contributed by atoms with Crippen LogP contribution in [0.3, 0.4) is 0 Å². The molecule has 2 amide bonds. The highest BCUT2D eigenvalue weighted by Gasteiger charge is 2.38. The van der Waals surface area contributed by atoms with Crippen molar-refractivity contribution in [3.63, 3.8) is 0 Å². The van der Waals surface area contributed by atoms with Gasteiger partial charge in [0.25, 0.3) is 0 Å². The fourth-order valence-electron chi connectivity index (χ4n) is 6.26. The van der Waals surface area contributed by atoms with Crippen LogP contribution in [0.15, 0.2) is 102 Å². The predicted molar refractivity (Wildman–Crippen MR) is 184 cm³/mol. The van der Waals surface area contributed by atoms with Gasteiger partial charge in [0.1, 0.15) is 17.7 Å². The molecule has 0 bridgehead atoms. The monoisotopic (exact) mass is 710 g/mol. The topological polar surface area (TPSA) is 117 Å². The number of nitrogens with one attached hydrogen (secondary N) is 3. The van der Waals surface area contributed by atoms with Gasteiger partial charge >= 0.3 is 6.09 Å². The summed E-state index contributed by atoms with van der Waals surface area (Å²) < 4.78 is 63.7. The lowest BCUT2D eigenvalue weighted by molar-refractivity contribution is -0.118. The van der Waals surface area contributed by atoms with E-state index >= 15 is 4.39 Å². The number of sulfonamides is 1. The summed E-state index contributed by atoms with van der Waals surface area (Å²) >= 11 is 6.13. The van der Waals surface area contributed by atoms with E-state index in [-0.39, 0.29) is 35.0 Å². The molecule has 1 aliphatic rings. The van der Waals surface area contributed by atoms with Crippen LogP contribution in [0.25, 0.3) is 0 Å². The van der Waals surface area contributed by atoms with E-state index in [1.54, 1.807) is 60.7 Å². The third-order valence-corrected chi connectivity index (χ3v) is 10.9. The lowest BCUT2D eigenvalue weighted by Gasteiger charge is -2.40. The van der Waals surface area contributed by atoms with Crippen LogP contribution in [-0.2, 0) is 26.0 Å². The molecule has 0 saturated carbocycles. The van der Waals surface area contributed by atoms with Crippen LogP contribution in [0.1, 0.15) is 36.0 Å². The van der Waals surface area contributed by atoms with Crippen molar-refractivity contribution in [3.8, 4) is 0 Å². The molecule has 4 aromatic rings. The van der Waals surface area contributed by atoms with Crippen LogP contribution in [0, 0.1) is 11.6 Å². The van der Waals surface area contributed by atoms with Crippen LogP contribution < -0.4 is 16.0 Å². The zero-order valence-corrected chi connectivity index (χ0v) is 28.5. The molecule has 3 N–H and O–H groups in total. The molecule has 0 aliphatic carbocycles. The van der Waals surface area contributed by atoms with Gasteiger partial charge in [0.05, 0.1) is 12.0 Å². The van der Waals surface area contributed by atoms with Crippen LogP contribution in [0.2, 0.25) is 5.02 Å². The number of rotatable bonds is 11. The number of hydrogen-bond donors (Lipinski definition) is 3. The highest BCUT2D eigenvalue weighted by atomic mass is 35.5.